The van der Waals surface area contributed by atoms with Crippen molar-refractivity contribution in [2.24, 2.45) is 17.3 Å². The van der Waals surface area contributed by atoms with Crippen molar-refractivity contribution in [1.82, 2.24) is 4.90 Å². The van der Waals surface area contributed by atoms with Crippen LogP contribution < -0.4 is 4.74 Å². The van der Waals surface area contributed by atoms with E-state index >= 15 is 0 Å². The molecule has 112 valence electrons. The minimum atomic E-state index is -1.03. The third kappa shape index (κ3) is 2.48. The molecular formula is C16H19NO4. The molecule has 3 rings (SSSR count). The second-order valence-electron chi connectivity index (χ2n) is 6.45. The van der Waals surface area contributed by atoms with Gasteiger partial charge in [-0.1, -0.05) is 19.9 Å². The highest BCUT2D eigenvalue weighted by Crippen LogP contribution is 2.62. The van der Waals surface area contributed by atoms with Crippen LogP contribution in [0.4, 0.5) is 0 Å². The van der Waals surface area contributed by atoms with Crippen LogP contribution in [0.2, 0.25) is 0 Å². The number of carboxylic acid groups (broad SMARTS) is 1. The lowest BCUT2D eigenvalue weighted by atomic mass is 10.1. The number of piperidine rings is 1. The Kier molecular flexibility index (Phi) is 3.15. The summed E-state index contributed by atoms with van der Waals surface area (Å²) >= 11 is 0. The maximum Gasteiger partial charge on any atom is 0.341 e. The van der Waals surface area contributed by atoms with Gasteiger partial charge in [0.05, 0.1) is 0 Å². The number of likely N-dealkylation sites (tertiary alicyclic amines) is 1. The highest BCUT2D eigenvalue weighted by atomic mass is 16.5. The fourth-order valence-corrected chi connectivity index (χ4v) is 3.34. The molecule has 1 N–H and O–H groups in total. The summed E-state index contributed by atoms with van der Waals surface area (Å²) in [6.45, 7) is 5.74. The number of carboxylic acids is 1. The highest BCUT2D eigenvalue weighted by Gasteiger charge is 2.62. The van der Waals surface area contributed by atoms with Gasteiger partial charge in [0.25, 0.3) is 5.91 Å². The molecule has 5 heteroatoms. The Balaban J connectivity index is 1.66. The Morgan fingerprint density at radius 2 is 2.00 bits per heavy atom. The second-order valence-corrected chi connectivity index (χ2v) is 6.45. The second kappa shape index (κ2) is 4.76. The summed E-state index contributed by atoms with van der Waals surface area (Å²) in [7, 11) is 0. The summed E-state index contributed by atoms with van der Waals surface area (Å²) in [6, 6.07) is 6.72. The van der Waals surface area contributed by atoms with Crippen LogP contribution in [0.25, 0.3) is 0 Å². The molecule has 0 bridgehead atoms. The van der Waals surface area contributed by atoms with Crippen LogP contribution in [-0.4, -0.2) is 41.6 Å². The number of amides is 1. The fraction of sp³-hybridized carbons (Fsp3) is 0.500. The molecule has 1 amide bonds. The quantitative estimate of drug-likeness (QED) is 0.919. The fourth-order valence-electron chi connectivity index (χ4n) is 3.34. The van der Waals surface area contributed by atoms with Gasteiger partial charge in [-0.15, -0.1) is 0 Å². The Hall–Kier alpha value is -2.04. The monoisotopic (exact) mass is 289 g/mol. The standard InChI is InChI=1S/C16H19NO4/c1-16(2)12-7-17(8-13(12)16)15(20)10-4-3-5-11(6-10)21-9-14(18)19/h3-6,12-13H,7-9H2,1-2H3,(H,18,19). The average molecular weight is 289 g/mol. The van der Waals surface area contributed by atoms with Gasteiger partial charge in [-0.3, -0.25) is 4.79 Å². The van der Waals surface area contributed by atoms with Crippen LogP contribution in [-0.2, 0) is 4.79 Å². The van der Waals surface area contributed by atoms with E-state index in [1.807, 2.05) is 4.90 Å². The van der Waals surface area contributed by atoms with Gasteiger partial charge in [0.1, 0.15) is 5.75 Å². The smallest absolute Gasteiger partial charge is 0.341 e. The van der Waals surface area contributed by atoms with Crippen LogP contribution in [0.5, 0.6) is 5.75 Å². The first-order valence-electron chi connectivity index (χ1n) is 7.13. The van der Waals surface area contributed by atoms with Crippen molar-refractivity contribution in [3.8, 4) is 5.75 Å². The Morgan fingerprint density at radius 3 is 2.62 bits per heavy atom. The Bertz CT molecular complexity index is 582. The zero-order valence-electron chi connectivity index (χ0n) is 12.2. The summed E-state index contributed by atoms with van der Waals surface area (Å²) in [4.78, 5) is 24.9. The van der Waals surface area contributed by atoms with Crippen LogP contribution in [0, 0.1) is 17.3 Å². The number of fused-ring (bicyclic) bond motifs is 1. The number of rotatable bonds is 4. The number of ether oxygens (including phenoxy) is 1. The third-order valence-electron chi connectivity index (χ3n) is 4.85. The van der Waals surface area contributed by atoms with Crippen LogP contribution in [0.1, 0.15) is 24.2 Å². The molecule has 0 aromatic heterocycles. The maximum atomic E-state index is 12.5. The number of hydrogen-bond donors (Lipinski definition) is 1. The number of benzene rings is 1. The van der Waals surface area contributed by atoms with E-state index in [9.17, 15) is 9.59 Å². The predicted molar refractivity (Wildman–Crippen MR) is 76.2 cm³/mol. The molecule has 1 saturated heterocycles. The molecule has 5 nitrogen and oxygen atoms in total. The van der Waals surface area contributed by atoms with Gasteiger partial charge < -0.3 is 14.7 Å². The summed E-state index contributed by atoms with van der Waals surface area (Å²) < 4.78 is 5.11. The minimum absolute atomic E-state index is 0.00113. The van der Waals surface area contributed by atoms with Crippen molar-refractivity contribution in [3.63, 3.8) is 0 Å². The topological polar surface area (TPSA) is 66.8 Å². The highest BCUT2D eigenvalue weighted by molar-refractivity contribution is 5.95. The zero-order chi connectivity index (χ0) is 15.2. The Labute approximate surface area is 123 Å². The van der Waals surface area contributed by atoms with Gasteiger partial charge in [-0.2, -0.15) is 0 Å². The lowest BCUT2D eigenvalue weighted by Gasteiger charge is -2.22. The van der Waals surface area contributed by atoms with Gasteiger partial charge >= 0.3 is 5.97 Å². The summed E-state index contributed by atoms with van der Waals surface area (Å²) in [5, 5.41) is 8.61. The molecule has 0 spiro atoms. The average Bonchev–Trinajstić information content (AvgIpc) is 2.83. The molecule has 2 fully saturated rings. The largest absolute Gasteiger partial charge is 0.482 e. The summed E-state index contributed by atoms with van der Waals surface area (Å²) in [6.07, 6.45) is 0. The summed E-state index contributed by atoms with van der Waals surface area (Å²) in [5.41, 5.74) is 0.931. The van der Waals surface area contributed by atoms with Crippen molar-refractivity contribution < 1.29 is 19.4 Å². The number of carbonyl (C=O) groups excluding carboxylic acids is 1. The molecule has 1 aliphatic heterocycles. The van der Waals surface area contributed by atoms with E-state index in [4.69, 9.17) is 9.84 Å². The first-order valence-corrected chi connectivity index (χ1v) is 7.13. The van der Waals surface area contributed by atoms with E-state index < -0.39 is 12.6 Å². The van der Waals surface area contributed by atoms with E-state index in [1.165, 1.54) is 0 Å². The molecule has 1 aliphatic carbocycles. The normalized spacial score (nSPS) is 25.3. The molecule has 1 aromatic carbocycles. The molecule has 2 atom stereocenters. The van der Waals surface area contributed by atoms with Gasteiger partial charge in [0, 0.05) is 18.7 Å². The lowest BCUT2D eigenvalue weighted by Crippen LogP contribution is -2.32. The van der Waals surface area contributed by atoms with Crippen molar-refractivity contribution >= 4 is 11.9 Å². The van der Waals surface area contributed by atoms with Crippen LogP contribution >= 0.6 is 0 Å². The van der Waals surface area contributed by atoms with Crippen molar-refractivity contribution in [1.29, 1.82) is 0 Å². The number of aliphatic carboxylic acids is 1. The number of nitrogens with zero attached hydrogens (tertiary/aromatic N) is 1. The van der Waals surface area contributed by atoms with Gasteiger partial charge in [-0.25, -0.2) is 4.79 Å². The van der Waals surface area contributed by atoms with Gasteiger partial charge in [-0.05, 0) is 35.4 Å². The first kappa shape index (κ1) is 13.9. The molecular weight excluding hydrogens is 270 g/mol. The van der Waals surface area contributed by atoms with E-state index in [2.05, 4.69) is 13.8 Å². The van der Waals surface area contributed by atoms with Crippen LogP contribution in [0.15, 0.2) is 24.3 Å². The van der Waals surface area contributed by atoms with Gasteiger partial charge in [0.2, 0.25) is 0 Å². The molecule has 1 saturated carbocycles. The predicted octanol–water partition coefficient (Wildman–Crippen LogP) is 1.88. The van der Waals surface area contributed by atoms with Crippen molar-refractivity contribution in [3.05, 3.63) is 29.8 Å². The molecule has 2 unspecified atom stereocenters. The molecule has 1 aromatic rings. The number of carbonyl (C=O) groups is 2. The molecule has 1 heterocycles. The lowest BCUT2D eigenvalue weighted by molar-refractivity contribution is -0.139. The SMILES string of the molecule is CC1(C)C2CN(C(=O)c3cccc(OCC(=O)O)c3)CC21. The number of hydrogen-bond acceptors (Lipinski definition) is 3. The maximum absolute atomic E-state index is 12.5. The first-order chi connectivity index (χ1) is 9.89. The third-order valence-corrected chi connectivity index (χ3v) is 4.85. The zero-order valence-corrected chi connectivity index (χ0v) is 12.2. The van der Waals surface area contributed by atoms with E-state index in [0.29, 0.717) is 28.6 Å². The van der Waals surface area contributed by atoms with Crippen LogP contribution in [0.3, 0.4) is 0 Å². The van der Waals surface area contributed by atoms with Gasteiger partial charge in [0.15, 0.2) is 6.61 Å². The molecule has 0 radical (unpaired) electrons. The van der Waals surface area contributed by atoms with Crippen molar-refractivity contribution in [2.75, 3.05) is 19.7 Å². The minimum Gasteiger partial charge on any atom is -0.482 e. The molecule has 2 aliphatic rings. The molecule has 21 heavy (non-hydrogen) atoms. The van der Waals surface area contributed by atoms with Crippen molar-refractivity contribution in [2.45, 2.75) is 13.8 Å². The summed E-state index contributed by atoms with van der Waals surface area (Å²) in [5.74, 6) is 0.612. The van der Waals surface area contributed by atoms with E-state index in [0.717, 1.165) is 13.1 Å². The Morgan fingerprint density at radius 1 is 1.33 bits per heavy atom. The van der Waals surface area contributed by atoms with E-state index in [-0.39, 0.29) is 5.91 Å². The van der Waals surface area contributed by atoms with E-state index in [1.54, 1.807) is 24.3 Å².